The van der Waals surface area contributed by atoms with Crippen molar-refractivity contribution in [2.75, 3.05) is 6.54 Å². The highest BCUT2D eigenvalue weighted by molar-refractivity contribution is 5.93. The standard InChI is InChI=1S/C18H31N5O8/c1-9(2)7-12(17(29)22-11(18(30)31)4-6-15(26)27)23-16(28)10(3-5-13(20)24)21-14(25)8-19/h9-12H,3-8,19H2,1-2H3,(H2,20,24)(H,21,25)(H,22,29)(H,23,28)(H,26,27)(H,30,31). The van der Waals surface area contributed by atoms with E-state index in [9.17, 15) is 33.9 Å². The molecule has 13 nitrogen and oxygen atoms in total. The van der Waals surface area contributed by atoms with Gasteiger partial charge < -0.3 is 37.6 Å². The van der Waals surface area contributed by atoms with Gasteiger partial charge in [-0.1, -0.05) is 13.8 Å². The Bertz CT molecular complexity index is 682. The molecule has 0 aromatic rings. The van der Waals surface area contributed by atoms with Crippen LogP contribution < -0.4 is 27.4 Å². The van der Waals surface area contributed by atoms with E-state index in [-0.39, 0.29) is 31.6 Å². The predicted octanol–water partition coefficient (Wildman–Crippen LogP) is -2.34. The third-order valence-electron chi connectivity index (χ3n) is 4.12. The van der Waals surface area contributed by atoms with Crippen LogP contribution >= 0.6 is 0 Å². The Hall–Kier alpha value is -3.22. The smallest absolute Gasteiger partial charge is 0.326 e. The molecule has 0 radical (unpaired) electrons. The lowest BCUT2D eigenvalue weighted by Crippen LogP contribution is -2.56. The Kier molecular flexibility index (Phi) is 12.5. The summed E-state index contributed by atoms with van der Waals surface area (Å²) in [6, 6.07) is -3.81. The summed E-state index contributed by atoms with van der Waals surface area (Å²) in [6.45, 7) is 3.14. The van der Waals surface area contributed by atoms with Gasteiger partial charge in [0.25, 0.3) is 0 Å². The van der Waals surface area contributed by atoms with Gasteiger partial charge >= 0.3 is 11.9 Å². The van der Waals surface area contributed by atoms with Crippen molar-refractivity contribution < 1.29 is 39.0 Å². The first-order valence-electron chi connectivity index (χ1n) is 9.70. The monoisotopic (exact) mass is 445 g/mol. The van der Waals surface area contributed by atoms with Gasteiger partial charge in [-0.25, -0.2) is 4.79 Å². The van der Waals surface area contributed by atoms with E-state index in [1.165, 1.54) is 0 Å². The molecule has 3 atom stereocenters. The zero-order valence-corrected chi connectivity index (χ0v) is 17.6. The van der Waals surface area contributed by atoms with Crippen molar-refractivity contribution in [1.82, 2.24) is 16.0 Å². The molecule has 0 aliphatic heterocycles. The number of carbonyl (C=O) groups is 6. The fraction of sp³-hybridized carbons (Fsp3) is 0.667. The predicted molar refractivity (Wildman–Crippen MR) is 107 cm³/mol. The summed E-state index contributed by atoms with van der Waals surface area (Å²) in [5, 5.41) is 25.0. The van der Waals surface area contributed by atoms with Gasteiger partial charge in [0.1, 0.15) is 18.1 Å². The van der Waals surface area contributed by atoms with Crippen molar-refractivity contribution in [3.63, 3.8) is 0 Å². The van der Waals surface area contributed by atoms with Crippen LogP contribution in [0.3, 0.4) is 0 Å². The van der Waals surface area contributed by atoms with Crippen LogP contribution in [0, 0.1) is 5.92 Å². The van der Waals surface area contributed by atoms with Crippen molar-refractivity contribution in [2.24, 2.45) is 17.4 Å². The molecule has 0 aromatic heterocycles. The van der Waals surface area contributed by atoms with Gasteiger partial charge in [-0.15, -0.1) is 0 Å². The van der Waals surface area contributed by atoms with Crippen molar-refractivity contribution in [3.05, 3.63) is 0 Å². The molecule has 0 aliphatic carbocycles. The Morgan fingerprint density at radius 3 is 1.77 bits per heavy atom. The van der Waals surface area contributed by atoms with Gasteiger partial charge in [-0.3, -0.25) is 24.0 Å². The number of carbonyl (C=O) groups excluding carboxylic acids is 4. The SMILES string of the molecule is CC(C)CC(NC(=O)C(CCC(N)=O)NC(=O)CN)C(=O)NC(CCC(=O)O)C(=O)O. The number of nitrogens with two attached hydrogens (primary N) is 2. The summed E-state index contributed by atoms with van der Waals surface area (Å²) in [4.78, 5) is 69.9. The molecule has 0 aromatic carbocycles. The van der Waals surface area contributed by atoms with Crippen LogP contribution in [0.15, 0.2) is 0 Å². The maximum Gasteiger partial charge on any atom is 0.326 e. The summed E-state index contributed by atoms with van der Waals surface area (Å²) >= 11 is 0. The molecule has 9 N–H and O–H groups in total. The Morgan fingerprint density at radius 2 is 1.32 bits per heavy atom. The number of primary amides is 1. The van der Waals surface area contributed by atoms with Gasteiger partial charge in [0, 0.05) is 12.8 Å². The lowest BCUT2D eigenvalue weighted by atomic mass is 10.0. The molecular formula is C18H31N5O8. The average molecular weight is 445 g/mol. The normalized spacial score (nSPS) is 13.5. The van der Waals surface area contributed by atoms with E-state index >= 15 is 0 Å². The van der Waals surface area contributed by atoms with Crippen LogP contribution in [0.2, 0.25) is 0 Å². The largest absolute Gasteiger partial charge is 0.481 e. The van der Waals surface area contributed by atoms with Crippen LogP contribution in [0.25, 0.3) is 0 Å². The highest BCUT2D eigenvalue weighted by Crippen LogP contribution is 2.08. The van der Waals surface area contributed by atoms with Crippen LogP contribution in [0.5, 0.6) is 0 Å². The Labute approximate surface area is 179 Å². The molecule has 0 fully saturated rings. The fourth-order valence-corrected chi connectivity index (χ4v) is 2.58. The van der Waals surface area contributed by atoms with Gasteiger partial charge in [0.05, 0.1) is 6.54 Å². The maximum atomic E-state index is 12.6. The van der Waals surface area contributed by atoms with E-state index in [1.807, 2.05) is 0 Å². The minimum atomic E-state index is -1.46. The van der Waals surface area contributed by atoms with Crippen LogP contribution in [-0.4, -0.2) is 70.5 Å². The van der Waals surface area contributed by atoms with Gasteiger partial charge in [0.15, 0.2) is 0 Å². The fourth-order valence-electron chi connectivity index (χ4n) is 2.58. The minimum Gasteiger partial charge on any atom is -0.481 e. The molecule has 0 saturated heterocycles. The quantitative estimate of drug-likeness (QED) is 0.143. The summed E-state index contributed by atoms with van der Waals surface area (Å²) in [7, 11) is 0. The number of amides is 4. The zero-order valence-electron chi connectivity index (χ0n) is 17.6. The second-order valence-electron chi connectivity index (χ2n) is 7.35. The molecule has 31 heavy (non-hydrogen) atoms. The number of hydrogen-bond donors (Lipinski definition) is 7. The topological polar surface area (TPSA) is 231 Å². The summed E-state index contributed by atoms with van der Waals surface area (Å²) in [5.41, 5.74) is 10.3. The van der Waals surface area contributed by atoms with E-state index < -0.39 is 66.7 Å². The number of hydrogen-bond acceptors (Lipinski definition) is 7. The lowest BCUT2D eigenvalue weighted by Gasteiger charge is -2.25. The van der Waals surface area contributed by atoms with Crippen molar-refractivity contribution >= 4 is 35.6 Å². The van der Waals surface area contributed by atoms with E-state index in [0.29, 0.717) is 0 Å². The molecule has 0 saturated carbocycles. The molecule has 13 heteroatoms. The first-order chi connectivity index (χ1) is 14.4. The third-order valence-corrected chi connectivity index (χ3v) is 4.12. The summed E-state index contributed by atoms with van der Waals surface area (Å²) < 4.78 is 0. The van der Waals surface area contributed by atoms with Gasteiger partial charge in [-0.2, -0.15) is 0 Å². The first-order valence-corrected chi connectivity index (χ1v) is 9.70. The van der Waals surface area contributed by atoms with E-state index in [4.69, 9.17) is 16.6 Å². The number of nitrogens with one attached hydrogen (secondary N) is 3. The molecule has 3 unspecified atom stereocenters. The Morgan fingerprint density at radius 1 is 0.806 bits per heavy atom. The van der Waals surface area contributed by atoms with Gasteiger partial charge in [0.2, 0.25) is 23.6 Å². The van der Waals surface area contributed by atoms with Crippen molar-refractivity contribution in [1.29, 1.82) is 0 Å². The first kappa shape index (κ1) is 27.8. The maximum absolute atomic E-state index is 12.6. The summed E-state index contributed by atoms with van der Waals surface area (Å²) in [6.07, 6.45) is -1.01. The number of carboxylic acids is 2. The summed E-state index contributed by atoms with van der Waals surface area (Å²) in [5.74, 6) is -5.67. The molecular weight excluding hydrogens is 414 g/mol. The second kappa shape index (κ2) is 13.9. The van der Waals surface area contributed by atoms with Gasteiger partial charge in [-0.05, 0) is 25.2 Å². The van der Waals surface area contributed by atoms with E-state index in [0.717, 1.165) is 0 Å². The van der Waals surface area contributed by atoms with E-state index in [1.54, 1.807) is 13.8 Å². The molecule has 0 aliphatic rings. The van der Waals surface area contributed by atoms with Crippen LogP contribution in [-0.2, 0) is 28.8 Å². The minimum absolute atomic E-state index is 0.0824. The highest BCUT2D eigenvalue weighted by atomic mass is 16.4. The van der Waals surface area contributed by atoms with Crippen molar-refractivity contribution in [3.8, 4) is 0 Å². The number of aliphatic carboxylic acids is 2. The molecule has 0 bridgehead atoms. The van der Waals surface area contributed by atoms with Crippen LogP contribution in [0.4, 0.5) is 0 Å². The Balaban J connectivity index is 5.39. The van der Waals surface area contributed by atoms with E-state index in [2.05, 4.69) is 16.0 Å². The molecule has 4 amide bonds. The molecule has 0 heterocycles. The highest BCUT2D eigenvalue weighted by Gasteiger charge is 2.30. The zero-order chi connectivity index (χ0) is 24.1. The second-order valence-corrected chi connectivity index (χ2v) is 7.35. The molecule has 0 spiro atoms. The third kappa shape index (κ3) is 12.2. The average Bonchev–Trinajstić information content (AvgIpc) is 2.66. The number of rotatable bonds is 15. The number of carboxylic acid groups (broad SMARTS) is 2. The molecule has 0 rings (SSSR count). The molecule has 176 valence electrons. The van der Waals surface area contributed by atoms with Crippen LogP contribution in [0.1, 0.15) is 46.0 Å². The lowest BCUT2D eigenvalue weighted by molar-refractivity contribution is -0.143. The van der Waals surface area contributed by atoms with Crippen molar-refractivity contribution in [2.45, 2.75) is 64.1 Å².